The number of nitrogens with one attached hydrogen (secondary N) is 3. The van der Waals surface area contributed by atoms with Gasteiger partial charge in [-0.2, -0.15) is 0 Å². The molecule has 1 unspecified atom stereocenters. The minimum Gasteiger partial charge on any atom is -0.497 e. The van der Waals surface area contributed by atoms with E-state index in [4.69, 9.17) is 21.7 Å². The Morgan fingerprint density at radius 2 is 1.85 bits per heavy atom. The van der Waals surface area contributed by atoms with Gasteiger partial charge in [0.2, 0.25) is 0 Å². The molecule has 1 atom stereocenters. The summed E-state index contributed by atoms with van der Waals surface area (Å²) in [6, 6.07) is 9.79. The van der Waals surface area contributed by atoms with E-state index in [1.807, 2.05) is 0 Å². The smallest absolute Gasteiger partial charge is 0.279 e. The van der Waals surface area contributed by atoms with Crippen LogP contribution in [0.15, 0.2) is 42.5 Å². The Labute approximate surface area is 154 Å². The number of benzene rings is 2. The van der Waals surface area contributed by atoms with E-state index < -0.39 is 23.6 Å². The van der Waals surface area contributed by atoms with Gasteiger partial charge in [0.1, 0.15) is 23.1 Å². The van der Waals surface area contributed by atoms with Crippen LogP contribution >= 0.6 is 12.2 Å². The molecular formula is C17H17F2N3O3S. The molecule has 0 radical (unpaired) electrons. The van der Waals surface area contributed by atoms with Crippen molar-refractivity contribution >= 4 is 28.9 Å². The second-order valence-corrected chi connectivity index (χ2v) is 5.54. The quantitative estimate of drug-likeness (QED) is 0.547. The first-order chi connectivity index (χ1) is 12.4. The summed E-state index contributed by atoms with van der Waals surface area (Å²) in [5.74, 6) is -0.962. The molecule has 26 heavy (non-hydrogen) atoms. The van der Waals surface area contributed by atoms with Gasteiger partial charge in [0.15, 0.2) is 11.2 Å². The number of hydrogen-bond donors (Lipinski definition) is 3. The Morgan fingerprint density at radius 1 is 1.12 bits per heavy atom. The van der Waals surface area contributed by atoms with Crippen molar-refractivity contribution in [3.05, 3.63) is 54.1 Å². The normalized spacial score (nSPS) is 11.2. The third kappa shape index (κ3) is 5.55. The predicted octanol–water partition coefficient (Wildman–Crippen LogP) is 2.76. The van der Waals surface area contributed by atoms with Crippen molar-refractivity contribution in [2.24, 2.45) is 0 Å². The van der Waals surface area contributed by atoms with E-state index in [2.05, 4.69) is 16.2 Å². The number of carbonyl (C=O) groups excluding carboxylic acids is 1. The zero-order valence-corrected chi connectivity index (χ0v) is 14.8. The summed E-state index contributed by atoms with van der Waals surface area (Å²) in [5, 5.41) is 2.43. The molecule has 0 aliphatic carbocycles. The average Bonchev–Trinajstić information content (AvgIpc) is 2.62. The first-order valence-electron chi connectivity index (χ1n) is 7.51. The predicted molar refractivity (Wildman–Crippen MR) is 96.9 cm³/mol. The first kappa shape index (κ1) is 19.4. The van der Waals surface area contributed by atoms with Crippen molar-refractivity contribution in [2.45, 2.75) is 13.0 Å². The molecule has 0 fully saturated rings. The maximum Gasteiger partial charge on any atom is 0.279 e. The Balaban J connectivity index is 1.83. The molecule has 0 aliphatic heterocycles. The number of ether oxygens (including phenoxy) is 2. The van der Waals surface area contributed by atoms with E-state index in [0.29, 0.717) is 17.6 Å². The van der Waals surface area contributed by atoms with E-state index in [1.165, 1.54) is 13.2 Å². The van der Waals surface area contributed by atoms with Crippen LogP contribution in [0.25, 0.3) is 0 Å². The van der Waals surface area contributed by atoms with Gasteiger partial charge in [0.25, 0.3) is 5.91 Å². The fourth-order valence-electron chi connectivity index (χ4n) is 1.90. The summed E-state index contributed by atoms with van der Waals surface area (Å²) in [6.45, 7) is 1.55. The van der Waals surface area contributed by atoms with Gasteiger partial charge in [-0.3, -0.25) is 15.6 Å². The molecule has 3 N–H and O–H groups in total. The molecule has 6 nitrogen and oxygen atoms in total. The molecule has 1 amide bonds. The van der Waals surface area contributed by atoms with Crippen molar-refractivity contribution in [1.82, 2.24) is 10.9 Å². The van der Waals surface area contributed by atoms with Crippen LogP contribution in [-0.2, 0) is 4.79 Å². The SMILES string of the molecule is COc1cccc(OC(C)C(=O)NNC(=S)Nc2ccc(F)cc2F)c1. The van der Waals surface area contributed by atoms with E-state index in [1.54, 1.807) is 31.2 Å². The number of rotatable bonds is 5. The summed E-state index contributed by atoms with van der Waals surface area (Å²) in [6.07, 6.45) is -0.833. The van der Waals surface area contributed by atoms with Crippen LogP contribution in [0.5, 0.6) is 11.5 Å². The molecule has 9 heteroatoms. The van der Waals surface area contributed by atoms with Crippen LogP contribution in [0, 0.1) is 11.6 Å². The molecule has 0 aliphatic rings. The number of anilines is 1. The first-order valence-corrected chi connectivity index (χ1v) is 7.92. The lowest BCUT2D eigenvalue weighted by Crippen LogP contribution is -2.48. The van der Waals surface area contributed by atoms with Gasteiger partial charge in [-0.05, 0) is 43.4 Å². The monoisotopic (exact) mass is 381 g/mol. The number of halogens is 2. The minimum absolute atomic E-state index is 0.0289. The Hall–Kier alpha value is -2.94. The fraction of sp³-hybridized carbons (Fsp3) is 0.176. The van der Waals surface area contributed by atoms with E-state index >= 15 is 0 Å². The van der Waals surface area contributed by atoms with Crippen molar-refractivity contribution in [1.29, 1.82) is 0 Å². The lowest BCUT2D eigenvalue weighted by atomic mass is 10.3. The minimum atomic E-state index is -0.833. The zero-order chi connectivity index (χ0) is 19.1. The Morgan fingerprint density at radius 3 is 2.54 bits per heavy atom. The van der Waals surface area contributed by atoms with Gasteiger partial charge in [0, 0.05) is 12.1 Å². The molecule has 0 spiro atoms. The molecule has 138 valence electrons. The highest BCUT2D eigenvalue weighted by atomic mass is 32.1. The number of thiocarbonyl (C=S) groups is 1. The van der Waals surface area contributed by atoms with Gasteiger partial charge in [-0.15, -0.1) is 0 Å². The average molecular weight is 381 g/mol. The van der Waals surface area contributed by atoms with Crippen molar-refractivity contribution < 1.29 is 23.0 Å². The van der Waals surface area contributed by atoms with Crippen LogP contribution in [0.1, 0.15) is 6.92 Å². The van der Waals surface area contributed by atoms with Crippen LogP contribution in [-0.4, -0.2) is 24.2 Å². The van der Waals surface area contributed by atoms with E-state index in [0.717, 1.165) is 6.07 Å². The number of carbonyl (C=O) groups is 1. The molecule has 2 aromatic carbocycles. The highest BCUT2D eigenvalue weighted by molar-refractivity contribution is 7.80. The second kappa shape index (κ2) is 8.95. The van der Waals surface area contributed by atoms with Crippen LogP contribution in [0.2, 0.25) is 0 Å². The summed E-state index contributed by atoms with van der Waals surface area (Å²) < 4.78 is 37.0. The third-order valence-corrected chi connectivity index (χ3v) is 3.41. The largest absolute Gasteiger partial charge is 0.497 e. The molecule has 0 saturated carbocycles. The van der Waals surface area contributed by atoms with Gasteiger partial charge in [-0.25, -0.2) is 8.78 Å². The zero-order valence-electron chi connectivity index (χ0n) is 14.0. The molecule has 0 bridgehead atoms. The maximum atomic E-state index is 13.5. The van der Waals surface area contributed by atoms with Crippen LogP contribution in [0.3, 0.4) is 0 Å². The summed E-state index contributed by atoms with van der Waals surface area (Å²) in [5.41, 5.74) is 4.73. The Bertz CT molecular complexity index is 805. The van der Waals surface area contributed by atoms with Crippen molar-refractivity contribution in [2.75, 3.05) is 12.4 Å². The number of hydrogen-bond acceptors (Lipinski definition) is 4. The van der Waals surface area contributed by atoms with E-state index in [9.17, 15) is 13.6 Å². The molecule has 2 rings (SSSR count). The van der Waals surface area contributed by atoms with Gasteiger partial charge >= 0.3 is 0 Å². The Kier molecular flexibility index (Phi) is 6.67. The van der Waals surface area contributed by atoms with Crippen molar-refractivity contribution in [3.63, 3.8) is 0 Å². The summed E-state index contributed by atoms with van der Waals surface area (Å²) >= 11 is 4.94. The lowest BCUT2D eigenvalue weighted by Gasteiger charge is -2.17. The topological polar surface area (TPSA) is 71.6 Å². The van der Waals surface area contributed by atoms with Gasteiger partial charge < -0.3 is 14.8 Å². The van der Waals surface area contributed by atoms with Crippen LogP contribution < -0.4 is 25.6 Å². The highest BCUT2D eigenvalue weighted by Gasteiger charge is 2.15. The van der Waals surface area contributed by atoms with E-state index in [-0.39, 0.29) is 10.8 Å². The van der Waals surface area contributed by atoms with Crippen LogP contribution in [0.4, 0.5) is 14.5 Å². The molecule has 0 aromatic heterocycles. The molecule has 0 heterocycles. The maximum absolute atomic E-state index is 13.5. The number of methoxy groups -OCH3 is 1. The van der Waals surface area contributed by atoms with Gasteiger partial charge in [-0.1, -0.05) is 6.07 Å². The molecular weight excluding hydrogens is 364 g/mol. The third-order valence-electron chi connectivity index (χ3n) is 3.20. The molecule has 0 saturated heterocycles. The lowest BCUT2D eigenvalue weighted by molar-refractivity contribution is -0.127. The number of amides is 1. The highest BCUT2D eigenvalue weighted by Crippen LogP contribution is 2.20. The fourth-order valence-corrected chi connectivity index (χ4v) is 2.06. The standard InChI is InChI=1S/C17H17F2N3O3S/c1-10(25-13-5-3-4-12(9-13)24-2)16(23)21-22-17(26)20-15-7-6-11(18)8-14(15)19/h3-10H,1-2H3,(H,21,23)(H2,20,22,26). The summed E-state index contributed by atoms with van der Waals surface area (Å²) in [4.78, 5) is 12.0. The van der Waals surface area contributed by atoms with Crippen molar-refractivity contribution in [3.8, 4) is 11.5 Å². The molecule has 2 aromatic rings. The number of hydrazine groups is 1. The van der Waals surface area contributed by atoms with Gasteiger partial charge in [0.05, 0.1) is 12.8 Å². The summed E-state index contributed by atoms with van der Waals surface area (Å²) in [7, 11) is 1.52. The second-order valence-electron chi connectivity index (χ2n) is 5.13.